The monoisotopic (exact) mass is 331 g/mol. The average Bonchev–Trinajstić information content (AvgIpc) is 2.48. The van der Waals surface area contributed by atoms with Crippen LogP contribution in [0, 0.1) is 0 Å². The Balaban J connectivity index is 1.96. The first-order valence-electron chi connectivity index (χ1n) is 6.59. The van der Waals surface area contributed by atoms with Crippen LogP contribution in [0.15, 0.2) is 18.2 Å². The van der Waals surface area contributed by atoms with E-state index in [-0.39, 0.29) is 12.5 Å². The molecule has 1 aliphatic rings. The SMILES string of the molecule is O=C(O)[C@H]1CCCCN1C(=O)COc1ccc(Cl)c(Cl)c1. The fourth-order valence-electron chi connectivity index (χ4n) is 2.28. The molecule has 0 bridgehead atoms. The molecule has 0 unspecified atom stereocenters. The largest absolute Gasteiger partial charge is 0.484 e. The first kappa shape index (κ1) is 15.9. The van der Waals surface area contributed by atoms with Crippen molar-refractivity contribution in [3.05, 3.63) is 28.2 Å². The van der Waals surface area contributed by atoms with Crippen molar-refractivity contribution in [2.75, 3.05) is 13.2 Å². The summed E-state index contributed by atoms with van der Waals surface area (Å²) in [6, 6.07) is 3.93. The lowest BCUT2D eigenvalue weighted by Crippen LogP contribution is -2.49. The highest BCUT2D eigenvalue weighted by Crippen LogP contribution is 2.26. The summed E-state index contributed by atoms with van der Waals surface area (Å²) < 4.78 is 5.36. The Hall–Kier alpha value is -1.46. The first-order valence-corrected chi connectivity index (χ1v) is 7.35. The number of carbonyl (C=O) groups excluding carboxylic acids is 1. The fourth-order valence-corrected chi connectivity index (χ4v) is 2.57. The van der Waals surface area contributed by atoms with E-state index >= 15 is 0 Å². The normalized spacial score (nSPS) is 18.4. The number of aliphatic carboxylic acids is 1. The number of rotatable bonds is 4. The fraction of sp³-hybridized carbons (Fsp3) is 0.429. The van der Waals surface area contributed by atoms with Crippen LogP contribution < -0.4 is 4.74 Å². The van der Waals surface area contributed by atoms with E-state index < -0.39 is 12.0 Å². The minimum absolute atomic E-state index is 0.220. The Morgan fingerprint density at radius 3 is 2.71 bits per heavy atom. The van der Waals surface area contributed by atoms with Crippen LogP contribution in [-0.2, 0) is 9.59 Å². The minimum atomic E-state index is -0.974. The van der Waals surface area contributed by atoms with Crippen molar-refractivity contribution in [2.45, 2.75) is 25.3 Å². The van der Waals surface area contributed by atoms with Gasteiger partial charge in [0.25, 0.3) is 5.91 Å². The Morgan fingerprint density at radius 1 is 1.29 bits per heavy atom. The van der Waals surface area contributed by atoms with E-state index in [1.807, 2.05) is 0 Å². The molecule has 5 nitrogen and oxygen atoms in total. The summed E-state index contributed by atoms with van der Waals surface area (Å²) in [5.74, 6) is -0.896. The molecule has 1 amide bonds. The summed E-state index contributed by atoms with van der Waals surface area (Å²) in [5.41, 5.74) is 0. The van der Waals surface area contributed by atoms with Gasteiger partial charge in [-0.15, -0.1) is 0 Å². The van der Waals surface area contributed by atoms with E-state index in [4.69, 9.17) is 33.0 Å². The second kappa shape index (κ2) is 7.00. The van der Waals surface area contributed by atoms with Crippen LogP contribution in [0.4, 0.5) is 0 Å². The van der Waals surface area contributed by atoms with Crippen molar-refractivity contribution >= 4 is 35.1 Å². The number of carboxylic acids is 1. The summed E-state index contributed by atoms with van der Waals surface area (Å²) >= 11 is 11.6. The molecule has 1 aliphatic heterocycles. The number of piperidine rings is 1. The Bertz CT molecular complexity index is 550. The van der Waals surface area contributed by atoms with Gasteiger partial charge in [0.2, 0.25) is 0 Å². The highest BCUT2D eigenvalue weighted by Gasteiger charge is 2.31. The van der Waals surface area contributed by atoms with Crippen LogP contribution in [0.25, 0.3) is 0 Å². The standard InChI is InChI=1S/C14H15Cl2NO4/c15-10-5-4-9(7-11(10)16)21-8-13(18)17-6-2-1-3-12(17)14(19)20/h4-5,7,12H,1-3,6,8H2,(H,19,20)/t12-/m1/s1. The van der Waals surface area contributed by atoms with Crippen LogP contribution in [0.1, 0.15) is 19.3 Å². The lowest BCUT2D eigenvalue weighted by molar-refractivity contribution is -0.152. The van der Waals surface area contributed by atoms with Gasteiger partial charge in [0.15, 0.2) is 6.61 Å². The van der Waals surface area contributed by atoms with E-state index in [0.29, 0.717) is 28.8 Å². The van der Waals surface area contributed by atoms with Gasteiger partial charge >= 0.3 is 5.97 Å². The molecule has 114 valence electrons. The molecule has 1 aromatic carbocycles. The highest BCUT2D eigenvalue weighted by atomic mass is 35.5. The Labute approximate surface area is 132 Å². The molecule has 0 radical (unpaired) electrons. The summed E-state index contributed by atoms with van der Waals surface area (Å²) in [7, 11) is 0. The van der Waals surface area contributed by atoms with Gasteiger partial charge in [-0.25, -0.2) is 4.79 Å². The van der Waals surface area contributed by atoms with E-state index in [1.165, 1.54) is 11.0 Å². The number of hydrogen-bond donors (Lipinski definition) is 1. The number of carboxylic acid groups (broad SMARTS) is 1. The zero-order valence-corrected chi connectivity index (χ0v) is 12.7. The number of nitrogens with zero attached hydrogens (tertiary/aromatic N) is 1. The molecule has 0 aromatic heterocycles. The van der Waals surface area contributed by atoms with E-state index in [0.717, 1.165) is 12.8 Å². The molecule has 2 rings (SSSR count). The van der Waals surface area contributed by atoms with Crippen LogP contribution in [-0.4, -0.2) is 41.1 Å². The van der Waals surface area contributed by atoms with E-state index in [9.17, 15) is 9.59 Å². The predicted molar refractivity (Wildman–Crippen MR) is 78.9 cm³/mol. The molecule has 0 spiro atoms. The van der Waals surface area contributed by atoms with Gasteiger partial charge in [-0.2, -0.15) is 0 Å². The van der Waals surface area contributed by atoms with E-state index in [2.05, 4.69) is 0 Å². The Morgan fingerprint density at radius 2 is 2.05 bits per heavy atom. The summed E-state index contributed by atoms with van der Waals surface area (Å²) in [6.45, 7) is 0.224. The number of hydrogen-bond acceptors (Lipinski definition) is 3. The summed E-state index contributed by atoms with van der Waals surface area (Å²) in [4.78, 5) is 24.6. The van der Waals surface area contributed by atoms with Crippen LogP contribution >= 0.6 is 23.2 Å². The number of amides is 1. The third kappa shape index (κ3) is 4.02. The number of carbonyl (C=O) groups is 2. The maximum atomic E-state index is 12.1. The lowest BCUT2D eigenvalue weighted by atomic mass is 10.0. The maximum absolute atomic E-state index is 12.1. The molecule has 1 aromatic rings. The molecule has 0 saturated carbocycles. The summed E-state index contributed by atoms with van der Waals surface area (Å²) in [6.07, 6.45) is 2.10. The Kier molecular flexibility index (Phi) is 5.31. The highest BCUT2D eigenvalue weighted by molar-refractivity contribution is 6.42. The van der Waals surface area contributed by atoms with Crippen LogP contribution in [0.3, 0.4) is 0 Å². The van der Waals surface area contributed by atoms with E-state index in [1.54, 1.807) is 12.1 Å². The van der Waals surface area contributed by atoms with Crippen LogP contribution in [0.5, 0.6) is 5.75 Å². The minimum Gasteiger partial charge on any atom is -0.484 e. The molecule has 21 heavy (non-hydrogen) atoms. The van der Waals surface area contributed by atoms with Gasteiger partial charge in [-0.05, 0) is 31.4 Å². The molecule has 1 heterocycles. The average molecular weight is 332 g/mol. The molecule has 0 aliphatic carbocycles. The maximum Gasteiger partial charge on any atom is 0.326 e. The number of ether oxygens (including phenoxy) is 1. The van der Waals surface area contributed by atoms with Gasteiger partial charge in [-0.1, -0.05) is 23.2 Å². The predicted octanol–water partition coefficient (Wildman–Crippen LogP) is 2.84. The van der Waals surface area contributed by atoms with Crippen molar-refractivity contribution in [3.63, 3.8) is 0 Å². The second-order valence-electron chi connectivity index (χ2n) is 4.80. The quantitative estimate of drug-likeness (QED) is 0.921. The van der Waals surface area contributed by atoms with Gasteiger partial charge in [0, 0.05) is 12.6 Å². The van der Waals surface area contributed by atoms with Crippen molar-refractivity contribution in [1.29, 1.82) is 0 Å². The lowest BCUT2D eigenvalue weighted by Gasteiger charge is -2.32. The summed E-state index contributed by atoms with van der Waals surface area (Å²) in [5, 5.41) is 9.88. The topological polar surface area (TPSA) is 66.8 Å². The molecule has 7 heteroatoms. The molecule has 1 saturated heterocycles. The molecule has 1 fully saturated rings. The zero-order valence-electron chi connectivity index (χ0n) is 11.2. The third-order valence-corrected chi connectivity index (χ3v) is 4.10. The number of likely N-dealkylation sites (tertiary alicyclic amines) is 1. The van der Waals surface area contributed by atoms with Crippen molar-refractivity contribution in [1.82, 2.24) is 4.90 Å². The molecular weight excluding hydrogens is 317 g/mol. The molecule has 1 N–H and O–H groups in total. The first-order chi connectivity index (χ1) is 9.99. The van der Waals surface area contributed by atoms with Crippen molar-refractivity contribution in [2.24, 2.45) is 0 Å². The molecular formula is C14H15Cl2NO4. The van der Waals surface area contributed by atoms with Gasteiger partial charge in [0.1, 0.15) is 11.8 Å². The smallest absolute Gasteiger partial charge is 0.326 e. The van der Waals surface area contributed by atoms with Crippen LogP contribution in [0.2, 0.25) is 10.0 Å². The molecule has 1 atom stereocenters. The van der Waals surface area contributed by atoms with Crippen molar-refractivity contribution < 1.29 is 19.4 Å². The zero-order chi connectivity index (χ0) is 15.4. The van der Waals surface area contributed by atoms with Gasteiger partial charge in [-0.3, -0.25) is 4.79 Å². The van der Waals surface area contributed by atoms with Gasteiger partial charge < -0.3 is 14.7 Å². The third-order valence-electron chi connectivity index (χ3n) is 3.36. The second-order valence-corrected chi connectivity index (χ2v) is 5.62. The number of halogens is 2. The van der Waals surface area contributed by atoms with Gasteiger partial charge in [0.05, 0.1) is 10.0 Å². The van der Waals surface area contributed by atoms with Crippen molar-refractivity contribution in [3.8, 4) is 5.75 Å². The number of benzene rings is 1.